The lowest BCUT2D eigenvalue weighted by Gasteiger charge is -2.33. The molecule has 1 fully saturated rings. The maximum Gasteiger partial charge on any atom is 0.210 e. The third kappa shape index (κ3) is 4.96. The smallest absolute Gasteiger partial charge is 0.210 e. The van der Waals surface area contributed by atoms with Crippen molar-refractivity contribution >= 4 is 6.41 Å². The average molecular weight is 319 g/mol. The molecule has 0 aliphatic heterocycles. The monoisotopic (exact) mass is 319 g/mol. The van der Waals surface area contributed by atoms with E-state index in [9.17, 15) is 9.90 Å². The molecule has 1 aromatic carbocycles. The fraction of sp³-hybridized carbons (Fsp3) is 0.632. The second kappa shape index (κ2) is 7.82. The summed E-state index contributed by atoms with van der Waals surface area (Å²) in [5.41, 5.74) is 0.949. The molecule has 23 heavy (non-hydrogen) atoms. The Morgan fingerprint density at radius 2 is 1.96 bits per heavy atom. The summed E-state index contributed by atoms with van der Waals surface area (Å²) in [6, 6.07) is 8.11. The number of aliphatic hydroxyl groups is 1. The van der Waals surface area contributed by atoms with E-state index < -0.39 is 6.10 Å². The van der Waals surface area contributed by atoms with Crippen molar-refractivity contribution in [2.45, 2.75) is 64.0 Å². The quantitative estimate of drug-likeness (QED) is 0.784. The van der Waals surface area contributed by atoms with Crippen LogP contribution in [-0.2, 0) is 4.79 Å². The van der Waals surface area contributed by atoms with Gasteiger partial charge in [0.05, 0.1) is 6.54 Å². The molecule has 1 aliphatic carbocycles. The maximum atomic E-state index is 11.2. The fourth-order valence-corrected chi connectivity index (χ4v) is 3.13. The van der Waals surface area contributed by atoms with Crippen LogP contribution in [0.15, 0.2) is 24.3 Å². The lowest BCUT2D eigenvalue weighted by Crippen LogP contribution is -2.45. The average Bonchev–Trinajstić information content (AvgIpc) is 3.04. The zero-order valence-corrected chi connectivity index (χ0v) is 14.5. The van der Waals surface area contributed by atoms with E-state index in [-0.39, 0.29) is 18.7 Å². The van der Waals surface area contributed by atoms with E-state index in [0.29, 0.717) is 5.92 Å². The lowest BCUT2D eigenvalue weighted by atomic mass is 9.97. The van der Waals surface area contributed by atoms with Gasteiger partial charge < -0.3 is 14.7 Å². The summed E-state index contributed by atoms with van der Waals surface area (Å²) in [5, 5.41) is 10.2. The number of nitrogens with zero attached hydrogens (tertiary/aromatic N) is 1. The second-order valence-electron chi connectivity index (χ2n) is 7.41. The number of carbonyl (C=O) groups is 1. The first-order valence-corrected chi connectivity index (χ1v) is 8.53. The lowest BCUT2D eigenvalue weighted by molar-refractivity contribution is -0.124. The molecule has 4 nitrogen and oxygen atoms in total. The zero-order valence-electron chi connectivity index (χ0n) is 14.5. The van der Waals surface area contributed by atoms with Crippen LogP contribution in [0.3, 0.4) is 0 Å². The Kier molecular flexibility index (Phi) is 6.05. The largest absolute Gasteiger partial charge is 0.491 e. The van der Waals surface area contributed by atoms with Crippen molar-refractivity contribution in [3.8, 4) is 5.75 Å². The van der Waals surface area contributed by atoms with Gasteiger partial charge in [-0.25, -0.2) is 0 Å². The highest BCUT2D eigenvalue weighted by atomic mass is 16.5. The third-order valence-electron chi connectivity index (χ3n) is 4.54. The van der Waals surface area contributed by atoms with Gasteiger partial charge in [0.1, 0.15) is 18.5 Å². The highest BCUT2D eigenvalue weighted by Crippen LogP contribution is 2.38. The van der Waals surface area contributed by atoms with Crippen molar-refractivity contribution in [2.75, 3.05) is 13.2 Å². The first-order valence-electron chi connectivity index (χ1n) is 8.53. The number of hydrogen-bond acceptors (Lipinski definition) is 3. The Morgan fingerprint density at radius 1 is 1.30 bits per heavy atom. The summed E-state index contributed by atoms with van der Waals surface area (Å²) in [4.78, 5) is 12.8. The van der Waals surface area contributed by atoms with Gasteiger partial charge in [-0.05, 0) is 51.2 Å². The van der Waals surface area contributed by atoms with Gasteiger partial charge in [0.15, 0.2) is 0 Å². The number of ether oxygens (including phenoxy) is 1. The molecule has 1 amide bonds. The summed E-state index contributed by atoms with van der Waals surface area (Å²) in [7, 11) is 0. The van der Waals surface area contributed by atoms with Crippen LogP contribution >= 0.6 is 0 Å². The van der Waals surface area contributed by atoms with Crippen molar-refractivity contribution < 1.29 is 14.6 Å². The number of carbonyl (C=O) groups excluding carboxylic acids is 1. The number of rotatable bonds is 7. The number of amides is 1. The molecule has 4 heteroatoms. The third-order valence-corrected chi connectivity index (χ3v) is 4.54. The predicted molar refractivity (Wildman–Crippen MR) is 91.7 cm³/mol. The molecule has 1 N–H and O–H groups in total. The molecular weight excluding hydrogens is 290 g/mol. The van der Waals surface area contributed by atoms with E-state index in [0.717, 1.165) is 12.2 Å². The van der Waals surface area contributed by atoms with Gasteiger partial charge in [-0.2, -0.15) is 0 Å². The summed E-state index contributed by atoms with van der Waals surface area (Å²) < 4.78 is 5.88. The Labute approximate surface area is 139 Å². The van der Waals surface area contributed by atoms with Crippen LogP contribution in [0.4, 0.5) is 0 Å². The zero-order chi connectivity index (χ0) is 16.9. The van der Waals surface area contributed by atoms with Gasteiger partial charge in [-0.15, -0.1) is 0 Å². The molecule has 0 aromatic heterocycles. The molecule has 0 bridgehead atoms. The minimum Gasteiger partial charge on any atom is -0.491 e. The van der Waals surface area contributed by atoms with Crippen LogP contribution in [0.1, 0.15) is 57.9 Å². The van der Waals surface area contributed by atoms with Crippen molar-refractivity contribution in [2.24, 2.45) is 0 Å². The van der Waals surface area contributed by atoms with Crippen LogP contribution < -0.4 is 4.74 Å². The molecule has 1 atom stereocenters. The molecular formula is C19H29NO3. The van der Waals surface area contributed by atoms with Crippen LogP contribution in [-0.4, -0.2) is 41.2 Å². The maximum absolute atomic E-state index is 11.2. The topological polar surface area (TPSA) is 49.8 Å². The first kappa shape index (κ1) is 17.8. The molecule has 0 saturated heterocycles. The molecule has 0 heterocycles. The first-order chi connectivity index (χ1) is 10.9. The van der Waals surface area contributed by atoms with Crippen LogP contribution in [0.25, 0.3) is 0 Å². The summed E-state index contributed by atoms with van der Waals surface area (Å²) >= 11 is 0. The van der Waals surface area contributed by atoms with Crippen molar-refractivity contribution in [3.63, 3.8) is 0 Å². The minimum atomic E-state index is -0.698. The van der Waals surface area contributed by atoms with Gasteiger partial charge in [0.2, 0.25) is 6.41 Å². The van der Waals surface area contributed by atoms with Gasteiger partial charge >= 0.3 is 0 Å². The van der Waals surface area contributed by atoms with E-state index in [4.69, 9.17) is 4.74 Å². The molecule has 0 radical (unpaired) electrons. The van der Waals surface area contributed by atoms with Crippen molar-refractivity contribution in [1.82, 2.24) is 4.90 Å². The molecule has 0 spiro atoms. The van der Waals surface area contributed by atoms with Crippen molar-refractivity contribution in [3.05, 3.63) is 29.8 Å². The Hall–Kier alpha value is -1.55. The summed E-state index contributed by atoms with van der Waals surface area (Å²) in [6.07, 6.45) is 5.08. The van der Waals surface area contributed by atoms with Crippen molar-refractivity contribution in [1.29, 1.82) is 0 Å². The van der Waals surface area contributed by atoms with E-state index in [1.54, 1.807) is 4.90 Å². The number of para-hydroxylation sites is 1. The summed E-state index contributed by atoms with van der Waals surface area (Å²) in [6.45, 7) is 6.32. The Morgan fingerprint density at radius 3 is 2.57 bits per heavy atom. The number of aliphatic hydroxyl groups excluding tert-OH is 1. The highest BCUT2D eigenvalue weighted by Gasteiger charge is 2.23. The van der Waals surface area contributed by atoms with E-state index in [1.165, 1.54) is 31.2 Å². The fourth-order valence-electron chi connectivity index (χ4n) is 3.13. The Bertz CT molecular complexity index is 504. The standard InChI is InChI=1S/C19H29NO3/c1-19(2,3)20(14-21)12-16(22)13-23-18-11-7-6-10-17(18)15-8-4-5-9-15/h6-7,10-11,14-16,22H,4-5,8-9,12-13H2,1-3H3. The number of benzene rings is 1. The molecule has 1 aliphatic rings. The van der Waals surface area contributed by atoms with Gasteiger partial charge in [0.25, 0.3) is 0 Å². The second-order valence-corrected chi connectivity index (χ2v) is 7.41. The summed E-state index contributed by atoms with van der Waals surface area (Å²) in [5.74, 6) is 1.44. The predicted octanol–water partition coefficient (Wildman–Crippen LogP) is 3.34. The SMILES string of the molecule is CC(C)(C)N(C=O)CC(O)COc1ccccc1C1CCCC1. The normalized spacial score (nSPS) is 17.0. The minimum absolute atomic E-state index is 0.199. The Balaban J connectivity index is 1.94. The molecule has 1 aromatic rings. The van der Waals surface area contributed by atoms with E-state index in [2.05, 4.69) is 6.07 Å². The van der Waals surface area contributed by atoms with E-state index >= 15 is 0 Å². The van der Waals surface area contributed by atoms with Crippen LogP contribution in [0, 0.1) is 0 Å². The van der Waals surface area contributed by atoms with Crippen LogP contribution in [0.2, 0.25) is 0 Å². The number of β-amino-alcohol motifs (C(OH)–C–C–N with tert-alkyl or cyclic N) is 1. The molecule has 1 unspecified atom stereocenters. The van der Waals surface area contributed by atoms with E-state index in [1.807, 2.05) is 39.0 Å². The highest BCUT2D eigenvalue weighted by molar-refractivity contribution is 5.48. The van der Waals surface area contributed by atoms with Gasteiger partial charge in [-0.3, -0.25) is 4.79 Å². The molecule has 128 valence electrons. The molecule has 2 rings (SSSR count). The number of hydrogen-bond donors (Lipinski definition) is 1. The molecule has 1 saturated carbocycles. The van der Waals surface area contributed by atoms with Gasteiger partial charge in [0, 0.05) is 5.54 Å². The van der Waals surface area contributed by atoms with Gasteiger partial charge in [-0.1, -0.05) is 31.0 Å². The van der Waals surface area contributed by atoms with Crippen LogP contribution in [0.5, 0.6) is 5.75 Å².